The van der Waals surface area contributed by atoms with Crippen LogP contribution in [-0.4, -0.2) is 40.5 Å². The summed E-state index contributed by atoms with van der Waals surface area (Å²) >= 11 is 6.00. The first-order valence-electron chi connectivity index (χ1n) is 8.79. The van der Waals surface area contributed by atoms with Gasteiger partial charge in [-0.1, -0.05) is 28.9 Å². The van der Waals surface area contributed by atoms with E-state index in [4.69, 9.17) is 16.1 Å². The van der Waals surface area contributed by atoms with Crippen LogP contribution in [0.3, 0.4) is 0 Å². The minimum absolute atomic E-state index is 0.0304. The number of nitrogens with one attached hydrogen (secondary N) is 1. The van der Waals surface area contributed by atoms with E-state index in [2.05, 4.69) is 10.5 Å². The smallest absolute Gasteiger partial charge is 0.276 e. The lowest BCUT2D eigenvalue weighted by molar-refractivity contribution is -0.127. The molecule has 26 heavy (non-hydrogen) atoms. The Morgan fingerprint density at radius 2 is 2.12 bits per heavy atom. The number of amides is 2. The second-order valence-electron chi connectivity index (χ2n) is 6.76. The molecular weight excluding hydrogens is 354 g/mol. The Morgan fingerprint density at radius 1 is 1.31 bits per heavy atom. The molecule has 1 atom stereocenters. The molecule has 2 aromatic rings. The normalized spacial score (nSPS) is 17.4. The van der Waals surface area contributed by atoms with E-state index >= 15 is 0 Å². The summed E-state index contributed by atoms with van der Waals surface area (Å²) in [6.07, 6.45) is 2.45. The van der Waals surface area contributed by atoms with Crippen LogP contribution in [0.2, 0.25) is 5.02 Å². The Bertz CT molecular complexity index is 803. The number of likely N-dealkylation sites (tertiary alicyclic amines) is 1. The van der Waals surface area contributed by atoms with Crippen molar-refractivity contribution in [1.82, 2.24) is 15.4 Å². The average Bonchev–Trinajstić information content (AvgIpc) is 3.10. The molecule has 2 heterocycles. The van der Waals surface area contributed by atoms with E-state index in [1.54, 1.807) is 29.2 Å². The summed E-state index contributed by atoms with van der Waals surface area (Å²) < 4.78 is 5.32. The maximum atomic E-state index is 12.9. The number of benzene rings is 1. The van der Waals surface area contributed by atoms with Gasteiger partial charge in [-0.25, -0.2) is 0 Å². The summed E-state index contributed by atoms with van der Waals surface area (Å²) in [5.74, 6) is 0.0632. The standard InChI is InChI=1S/C19H22ClN3O3/c1-12(2)21-18(24)16-8-3-4-9-23(16)19(25)15-11-17(26-22-15)13-6-5-7-14(20)10-13/h5-7,10-12,16H,3-4,8-9H2,1-2H3,(H,21,24). The first kappa shape index (κ1) is 18.5. The lowest BCUT2D eigenvalue weighted by Crippen LogP contribution is -2.53. The van der Waals surface area contributed by atoms with Crippen LogP contribution in [0.5, 0.6) is 0 Å². The van der Waals surface area contributed by atoms with E-state index in [-0.39, 0.29) is 23.6 Å². The molecule has 6 nitrogen and oxygen atoms in total. The summed E-state index contributed by atoms with van der Waals surface area (Å²) in [5, 5.41) is 7.38. The molecule has 1 aliphatic rings. The van der Waals surface area contributed by atoms with Gasteiger partial charge < -0.3 is 14.7 Å². The lowest BCUT2D eigenvalue weighted by atomic mass is 10.0. The van der Waals surface area contributed by atoms with Gasteiger partial charge in [0.25, 0.3) is 5.91 Å². The largest absolute Gasteiger partial charge is 0.355 e. The highest BCUT2D eigenvalue weighted by Gasteiger charge is 2.34. The number of halogens is 1. The molecule has 1 aromatic heterocycles. The van der Waals surface area contributed by atoms with Crippen LogP contribution in [0.15, 0.2) is 34.9 Å². The van der Waals surface area contributed by atoms with Gasteiger partial charge >= 0.3 is 0 Å². The topological polar surface area (TPSA) is 75.4 Å². The minimum atomic E-state index is -0.468. The number of hydrogen-bond acceptors (Lipinski definition) is 4. The molecule has 1 unspecified atom stereocenters. The second-order valence-corrected chi connectivity index (χ2v) is 7.20. The molecule has 7 heteroatoms. The number of hydrogen-bond donors (Lipinski definition) is 1. The first-order valence-corrected chi connectivity index (χ1v) is 9.17. The number of piperidine rings is 1. The van der Waals surface area contributed by atoms with E-state index in [9.17, 15) is 9.59 Å². The van der Waals surface area contributed by atoms with Crippen LogP contribution in [0.4, 0.5) is 0 Å². The third-order valence-corrected chi connectivity index (χ3v) is 4.57. The number of aromatic nitrogens is 1. The van der Waals surface area contributed by atoms with Gasteiger partial charge in [-0.05, 0) is 45.2 Å². The molecule has 0 bridgehead atoms. The minimum Gasteiger partial charge on any atom is -0.355 e. The van der Waals surface area contributed by atoms with Gasteiger partial charge in [0.2, 0.25) is 5.91 Å². The zero-order valence-electron chi connectivity index (χ0n) is 14.9. The SMILES string of the molecule is CC(C)NC(=O)C1CCCCN1C(=O)c1cc(-c2cccc(Cl)c2)on1. The van der Waals surface area contributed by atoms with Crippen molar-refractivity contribution in [2.75, 3.05) is 6.54 Å². The fourth-order valence-corrected chi connectivity index (χ4v) is 3.32. The predicted octanol–water partition coefficient (Wildman–Crippen LogP) is 3.51. The Morgan fingerprint density at radius 3 is 2.85 bits per heavy atom. The van der Waals surface area contributed by atoms with Crippen LogP contribution in [0.25, 0.3) is 11.3 Å². The molecule has 2 amide bonds. The third-order valence-electron chi connectivity index (χ3n) is 4.34. The van der Waals surface area contributed by atoms with E-state index in [1.165, 1.54) is 0 Å². The zero-order valence-corrected chi connectivity index (χ0v) is 15.6. The lowest BCUT2D eigenvalue weighted by Gasteiger charge is -2.34. The molecule has 1 fully saturated rings. The molecule has 0 spiro atoms. The van der Waals surface area contributed by atoms with E-state index < -0.39 is 6.04 Å². The Hall–Kier alpha value is -2.34. The van der Waals surface area contributed by atoms with Crippen molar-refractivity contribution in [1.29, 1.82) is 0 Å². The second kappa shape index (κ2) is 7.91. The molecule has 0 saturated carbocycles. The molecule has 138 valence electrons. The van der Waals surface area contributed by atoms with E-state index in [1.807, 2.05) is 19.9 Å². The first-order chi connectivity index (χ1) is 12.5. The molecular formula is C19H22ClN3O3. The number of carbonyl (C=O) groups excluding carboxylic acids is 2. The van der Waals surface area contributed by atoms with Crippen LogP contribution in [0, 0.1) is 0 Å². The van der Waals surface area contributed by atoms with Crippen molar-refractivity contribution in [3.05, 3.63) is 41.0 Å². The monoisotopic (exact) mass is 375 g/mol. The third kappa shape index (κ3) is 4.07. The van der Waals surface area contributed by atoms with Gasteiger partial charge in [0.05, 0.1) is 0 Å². The van der Waals surface area contributed by atoms with Gasteiger partial charge in [0.15, 0.2) is 11.5 Å². The Balaban J connectivity index is 1.80. The van der Waals surface area contributed by atoms with Gasteiger partial charge in [0.1, 0.15) is 6.04 Å². The Labute approximate surface area is 157 Å². The highest BCUT2D eigenvalue weighted by molar-refractivity contribution is 6.30. The molecule has 0 radical (unpaired) electrons. The van der Waals surface area contributed by atoms with Crippen molar-refractivity contribution in [3.63, 3.8) is 0 Å². The predicted molar refractivity (Wildman–Crippen MR) is 98.9 cm³/mol. The van der Waals surface area contributed by atoms with Crippen LogP contribution >= 0.6 is 11.6 Å². The summed E-state index contributed by atoms with van der Waals surface area (Å²) in [6.45, 7) is 4.35. The Kier molecular flexibility index (Phi) is 5.61. The van der Waals surface area contributed by atoms with Crippen LogP contribution in [0.1, 0.15) is 43.6 Å². The molecule has 0 aliphatic carbocycles. The van der Waals surface area contributed by atoms with Crippen LogP contribution < -0.4 is 5.32 Å². The van der Waals surface area contributed by atoms with Gasteiger partial charge in [-0.3, -0.25) is 9.59 Å². The van der Waals surface area contributed by atoms with Crippen molar-refractivity contribution >= 4 is 23.4 Å². The molecule has 1 aliphatic heterocycles. The van der Waals surface area contributed by atoms with Gasteiger partial charge in [0, 0.05) is 29.2 Å². The van der Waals surface area contributed by atoms with Crippen LogP contribution in [-0.2, 0) is 4.79 Å². The van der Waals surface area contributed by atoms with Crippen molar-refractivity contribution < 1.29 is 14.1 Å². The molecule has 1 N–H and O–H groups in total. The maximum Gasteiger partial charge on any atom is 0.276 e. The van der Waals surface area contributed by atoms with Gasteiger partial charge in [-0.2, -0.15) is 0 Å². The van der Waals surface area contributed by atoms with Crippen molar-refractivity contribution in [3.8, 4) is 11.3 Å². The summed E-state index contributed by atoms with van der Waals surface area (Å²) in [6, 6.07) is 8.31. The highest BCUT2D eigenvalue weighted by atomic mass is 35.5. The molecule has 1 aromatic carbocycles. The van der Waals surface area contributed by atoms with Gasteiger partial charge in [-0.15, -0.1) is 0 Å². The summed E-state index contributed by atoms with van der Waals surface area (Å²) in [4.78, 5) is 27.0. The summed E-state index contributed by atoms with van der Waals surface area (Å²) in [7, 11) is 0. The summed E-state index contributed by atoms with van der Waals surface area (Å²) in [5.41, 5.74) is 0.945. The van der Waals surface area contributed by atoms with E-state index in [0.29, 0.717) is 23.7 Å². The number of rotatable bonds is 4. The van der Waals surface area contributed by atoms with Crippen molar-refractivity contribution in [2.45, 2.75) is 45.2 Å². The maximum absolute atomic E-state index is 12.9. The number of carbonyl (C=O) groups is 2. The molecule has 1 saturated heterocycles. The average molecular weight is 376 g/mol. The fraction of sp³-hybridized carbons (Fsp3) is 0.421. The fourth-order valence-electron chi connectivity index (χ4n) is 3.13. The highest BCUT2D eigenvalue weighted by Crippen LogP contribution is 2.25. The quantitative estimate of drug-likeness (QED) is 0.887. The van der Waals surface area contributed by atoms with E-state index in [0.717, 1.165) is 18.4 Å². The molecule has 3 rings (SSSR count). The van der Waals surface area contributed by atoms with Crippen molar-refractivity contribution in [2.24, 2.45) is 0 Å². The number of nitrogens with zero attached hydrogens (tertiary/aromatic N) is 2. The zero-order chi connectivity index (χ0) is 18.7.